The molecule has 22 heavy (non-hydrogen) atoms. The normalized spacial score (nSPS) is 15.4. The summed E-state index contributed by atoms with van der Waals surface area (Å²) >= 11 is 0. The van der Waals surface area contributed by atoms with Gasteiger partial charge in [0, 0.05) is 24.7 Å². The van der Waals surface area contributed by atoms with Gasteiger partial charge in [-0.15, -0.1) is 10.2 Å². The zero-order chi connectivity index (χ0) is 15.4. The molecule has 1 aliphatic rings. The number of nitro groups is 1. The molecule has 2 heterocycles. The first kappa shape index (κ1) is 14.1. The third-order valence-electron chi connectivity index (χ3n) is 3.29. The minimum Gasteiger partial charge on any atom is -0.378 e. The molecule has 1 aliphatic heterocycles. The fraction of sp³-hybridized carbons (Fsp3) is 0.308. The Morgan fingerprint density at radius 1 is 1.27 bits per heavy atom. The Balaban J connectivity index is 1.88. The average molecular weight is 302 g/mol. The van der Waals surface area contributed by atoms with Gasteiger partial charge >= 0.3 is 0 Å². The van der Waals surface area contributed by atoms with Crippen molar-refractivity contribution in [1.29, 1.82) is 0 Å². The first-order valence-corrected chi connectivity index (χ1v) is 6.74. The number of aromatic nitrogens is 3. The van der Waals surface area contributed by atoms with E-state index in [-0.39, 0.29) is 10.6 Å². The second kappa shape index (κ2) is 6.31. The summed E-state index contributed by atoms with van der Waals surface area (Å²) in [6.07, 6.45) is 4.40. The number of hydrogen-bond acceptors (Lipinski definition) is 7. The van der Waals surface area contributed by atoms with E-state index in [1.807, 2.05) is 4.90 Å². The molecule has 2 aromatic rings. The van der Waals surface area contributed by atoms with Gasteiger partial charge in [-0.25, -0.2) is 4.68 Å². The highest BCUT2D eigenvalue weighted by Crippen LogP contribution is 2.29. The summed E-state index contributed by atoms with van der Waals surface area (Å²) in [5.41, 5.74) is 1.31. The van der Waals surface area contributed by atoms with E-state index < -0.39 is 0 Å². The van der Waals surface area contributed by atoms with Crippen LogP contribution in [0.15, 0.2) is 36.0 Å². The first-order chi connectivity index (χ1) is 10.7. The summed E-state index contributed by atoms with van der Waals surface area (Å²) in [5.74, 6) is 0. The second-order valence-electron chi connectivity index (χ2n) is 4.69. The molecule has 1 aromatic carbocycles. The molecular formula is C13H14N6O3. The molecule has 1 saturated heterocycles. The SMILES string of the molecule is O=[N+]([O-])c1cc(C=Nn2cnnc2)ccc1N1CCOCC1. The second-order valence-corrected chi connectivity index (χ2v) is 4.69. The largest absolute Gasteiger partial charge is 0.378 e. The number of rotatable bonds is 4. The molecule has 0 N–H and O–H groups in total. The van der Waals surface area contributed by atoms with Crippen molar-refractivity contribution in [2.45, 2.75) is 0 Å². The van der Waals surface area contributed by atoms with Crippen LogP contribution in [0.4, 0.5) is 11.4 Å². The number of anilines is 1. The molecule has 0 radical (unpaired) electrons. The molecule has 3 rings (SSSR count). The van der Waals surface area contributed by atoms with E-state index >= 15 is 0 Å². The van der Waals surface area contributed by atoms with Crippen LogP contribution in [0.3, 0.4) is 0 Å². The third-order valence-corrected chi connectivity index (χ3v) is 3.29. The van der Waals surface area contributed by atoms with Crippen LogP contribution in [-0.2, 0) is 4.74 Å². The van der Waals surface area contributed by atoms with E-state index in [1.165, 1.54) is 29.6 Å². The summed E-state index contributed by atoms with van der Waals surface area (Å²) in [7, 11) is 0. The van der Waals surface area contributed by atoms with Crippen LogP contribution in [0.2, 0.25) is 0 Å². The van der Waals surface area contributed by atoms with Crippen LogP contribution >= 0.6 is 0 Å². The van der Waals surface area contributed by atoms with Gasteiger partial charge in [-0.2, -0.15) is 5.10 Å². The van der Waals surface area contributed by atoms with Crippen molar-refractivity contribution >= 4 is 17.6 Å². The van der Waals surface area contributed by atoms with E-state index in [4.69, 9.17) is 4.74 Å². The topological polar surface area (TPSA) is 98.7 Å². The maximum atomic E-state index is 11.3. The maximum absolute atomic E-state index is 11.3. The van der Waals surface area contributed by atoms with Crippen molar-refractivity contribution in [2.75, 3.05) is 31.2 Å². The smallest absolute Gasteiger partial charge is 0.293 e. The van der Waals surface area contributed by atoms with E-state index in [0.717, 1.165) is 0 Å². The molecule has 0 amide bonds. The van der Waals surface area contributed by atoms with E-state index in [9.17, 15) is 10.1 Å². The van der Waals surface area contributed by atoms with Crippen LogP contribution in [0.1, 0.15) is 5.56 Å². The van der Waals surface area contributed by atoms with Gasteiger partial charge in [0.1, 0.15) is 18.3 Å². The van der Waals surface area contributed by atoms with Gasteiger partial charge in [-0.1, -0.05) is 6.07 Å². The van der Waals surface area contributed by atoms with Crippen molar-refractivity contribution in [3.63, 3.8) is 0 Å². The standard InChI is InChI=1S/C13H14N6O3/c20-19(21)13-7-11(8-16-18-9-14-15-10-18)1-2-12(13)17-3-5-22-6-4-17/h1-2,7-10H,3-6H2. The molecule has 114 valence electrons. The quantitative estimate of drug-likeness (QED) is 0.473. The van der Waals surface area contributed by atoms with Crippen molar-refractivity contribution in [1.82, 2.24) is 14.9 Å². The Morgan fingerprint density at radius 3 is 2.68 bits per heavy atom. The van der Waals surface area contributed by atoms with Gasteiger partial charge in [0.15, 0.2) is 0 Å². The molecule has 9 heteroatoms. The lowest BCUT2D eigenvalue weighted by atomic mass is 10.1. The fourth-order valence-corrected chi connectivity index (χ4v) is 2.23. The van der Waals surface area contributed by atoms with Crippen molar-refractivity contribution in [2.24, 2.45) is 5.10 Å². The lowest BCUT2D eigenvalue weighted by Gasteiger charge is -2.28. The van der Waals surface area contributed by atoms with Gasteiger partial charge in [0.25, 0.3) is 5.69 Å². The van der Waals surface area contributed by atoms with Crippen molar-refractivity contribution in [3.05, 3.63) is 46.5 Å². The van der Waals surface area contributed by atoms with Crippen LogP contribution in [0, 0.1) is 10.1 Å². The number of nitrogens with zero attached hydrogens (tertiary/aromatic N) is 6. The van der Waals surface area contributed by atoms with Gasteiger partial charge in [-0.3, -0.25) is 10.1 Å². The van der Waals surface area contributed by atoms with Crippen LogP contribution in [0.5, 0.6) is 0 Å². The van der Waals surface area contributed by atoms with Gasteiger partial charge in [0.05, 0.1) is 24.4 Å². The van der Waals surface area contributed by atoms with Gasteiger partial charge < -0.3 is 9.64 Å². The maximum Gasteiger partial charge on any atom is 0.293 e. The highest BCUT2D eigenvalue weighted by Gasteiger charge is 2.21. The summed E-state index contributed by atoms with van der Waals surface area (Å²) < 4.78 is 6.70. The molecule has 0 saturated carbocycles. The summed E-state index contributed by atoms with van der Waals surface area (Å²) in [4.78, 5) is 12.9. The highest BCUT2D eigenvalue weighted by molar-refractivity contribution is 5.83. The lowest BCUT2D eigenvalue weighted by Crippen LogP contribution is -2.36. The average Bonchev–Trinajstić information content (AvgIpc) is 3.07. The fourth-order valence-electron chi connectivity index (χ4n) is 2.23. The molecule has 0 atom stereocenters. The number of morpholine rings is 1. The molecule has 1 fully saturated rings. The minimum absolute atomic E-state index is 0.0645. The zero-order valence-corrected chi connectivity index (χ0v) is 11.7. The molecule has 0 unspecified atom stereocenters. The summed E-state index contributed by atoms with van der Waals surface area (Å²) in [6, 6.07) is 5.06. The molecule has 0 aliphatic carbocycles. The number of ether oxygens (including phenoxy) is 1. The van der Waals surface area contributed by atoms with Crippen molar-refractivity contribution < 1.29 is 9.66 Å². The predicted molar refractivity (Wildman–Crippen MR) is 79.1 cm³/mol. The van der Waals surface area contributed by atoms with Crippen LogP contribution in [0.25, 0.3) is 0 Å². The molecule has 0 bridgehead atoms. The van der Waals surface area contributed by atoms with Gasteiger partial charge in [0.2, 0.25) is 0 Å². The first-order valence-electron chi connectivity index (χ1n) is 6.74. The Bertz CT molecular complexity index is 679. The molecule has 0 spiro atoms. The van der Waals surface area contributed by atoms with Crippen LogP contribution in [-0.4, -0.2) is 52.3 Å². The minimum atomic E-state index is -0.374. The number of benzene rings is 1. The van der Waals surface area contributed by atoms with E-state index in [2.05, 4.69) is 15.3 Å². The molecule has 9 nitrogen and oxygen atoms in total. The molecular weight excluding hydrogens is 288 g/mol. The predicted octanol–water partition coefficient (Wildman–Crippen LogP) is 0.905. The number of hydrogen-bond donors (Lipinski definition) is 0. The van der Waals surface area contributed by atoms with E-state index in [0.29, 0.717) is 37.6 Å². The van der Waals surface area contributed by atoms with Crippen LogP contribution < -0.4 is 4.90 Å². The Hall–Kier alpha value is -2.81. The van der Waals surface area contributed by atoms with E-state index in [1.54, 1.807) is 12.1 Å². The Labute approximate surface area is 126 Å². The zero-order valence-electron chi connectivity index (χ0n) is 11.7. The lowest BCUT2D eigenvalue weighted by molar-refractivity contribution is -0.384. The number of nitro benzene ring substituents is 1. The van der Waals surface area contributed by atoms with Gasteiger partial charge in [-0.05, 0) is 6.07 Å². The van der Waals surface area contributed by atoms with Crippen molar-refractivity contribution in [3.8, 4) is 0 Å². The Kier molecular flexibility index (Phi) is 4.05. The monoisotopic (exact) mass is 302 g/mol. The summed E-state index contributed by atoms with van der Waals surface area (Å²) in [5, 5.41) is 22.7. The summed E-state index contributed by atoms with van der Waals surface area (Å²) in [6.45, 7) is 2.45. The molecule has 1 aromatic heterocycles. The Morgan fingerprint density at radius 2 is 2.00 bits per heavy atom. The third kappa shape index (κ3) is 3.09. The highest BCUT2D eigenvalue weighted by atomic mass is 16.6.